The number of nitrogens with one attached hydrogen (secondary N) is 3. The molecule has 0 saturated carbocycles. The van der Waals surface area contributed by atoms with Gasteiger partial charge in [-0.05, 0) is 60.7 Å². The maximum atomic E-state index is 13.5. The van der Waals surface area contributed by atoms with E-state index in [1.807, 2.05) is 60.7 Å². The average molecular weight is 541 g/mol. The molecule has 0 aliphatic carbocycles. The van der Waals surface area contributed by atoms with Crippen molar-refractivity contribution in [2.24, 2.45) is 0 Å². The summed E-state index contributed by atoms with van der Waals surface area (Å²) < 4.78 is 5.50. The van der Waals surface area contributed by atoms with Crippen LogP contribution in [-0.4, -0.2) is 36.1 Å². The van der Waals surface area contributed by atoms with Gasteiger partial charge in [-0.15, -0.1) is 0 Å². The molecule has 208 valence electrons. The summed E-state index contributed by atoms with van der Waals surface area (Å²) in [7, 11) is 0. The Morgan fingerprint density at radius 3 is 2.27 bits per heavy atom. The maximum Gasteiger partial charge on any atom is 0.338 e. The summed E-state index contributed by atoms with van der Waals surface area (Å²) in [4.78, 5) is 41.3. The van der Waals surface area contributed by atoms with Gasteiger partial charge in [-0.1, -0.05) is 74.9 Å². The van der Waals surface area contributed by atoms with Gasteiger partial charge in [-0.2, -0.15) is 0 Å². The molecule has 3 N–H and O–H groups in total. The molecule has 1 aliphatic heterocycles. The largest absolute Gasteiger partial charge is 0.463 e. The molecule has 3 aromatic carbocycles. The van der Waals surface area contributed by atoms with E-state index in [1.165, 1.54) is 0 Å². The lowest BCUT2D eigenvalue weighted by Crippen LogP contribution is -2.48. The van der Waals surface area contributed by atoms with Gasteiger partial charge in [-0.3, -0.25) is 4.90 Å². The predicted molar refractivity (Wildman–Crippen MR) is 158 cm³/mol. The number of ether oxygens (including phenoxy) is 1. The SMILES string of the molecule is CCCCN1C(=O)N[C@H](c2cccc(NC(=O)Nc3cccc(CC)c3)c2)C(C(=O)OCC)=C1c1ccccc1. The zero-order valence-corrected chi connectivity index (χ0v) is 23.2. The van der Waals surface area contributed by atoms with Gasteiger partial charge in [0, 0.05) is 17.9 Å². The Bertz CT molecular complexity index is 1390. The summed E-state index contributed by atoms with van der Waals surface area (Å²) in [6, 6.07) is 22.8. The molecular weight excluding hydrogens is 504 g/mol. The summed E-state index contributed by atoms with van der Waals surface area (Å²) in [5.74, 6) is -0.500. The van der Waals surface area contributed by atoms with Gasteiger partial charge in [0.25, 0.3) is 0 Å². The minimum absolute atomic E-state index is 0.195. The molecule has 0 bridgehead atoms. The predicted octanol–water partition coefficient (Wildman–Crippen LogP) is 6.73. The van der Waals surface area contributed by atoms with Crippen molar-refractivity contribution in [3.05, 3.63) is 101 Å². The summed E-state index contributed by atoms with van der Waals surface area (Å²) in [5.41, 5.74) is 4.62. The molecule has 0 saturated heterocycles. The third-order valence-electron chi connectivity index (χ3n) is 6.68. The van der Waals surface area contributed by atoms with Crippen LogP contribution < -0.4 is 16.0 Å². The summed E-state index contributed by atoms with van der Waals surface area (Å²) in [6.07, 6.45) is 2.53. The summed E-state index contributed by atoms with van der Waals surface area (Å²) in [5, 5.41) is 8.73. The van der Waals surface area contributed by atoms with Crippen LogP contribution in [0.5, 0.6) is 0 Å². The number of carbonyl (C=O) groups is 3. The quantitative estimate of drug-likeness (QED) is 0.248. The van der Waals surface area contributed by atoms with Gasteiger partial charge in [0.15, 0.2) is 0 Å². The zero-order chi connectivity index (χ0) is 28.5. The Labute approximate surface area is 235 Å². The van der Waals surface area contributed by atoms with E-state index in [0.29, 0.717) is 34.8 Å². The first-order chi connectivity index (χ1) is 19.4. The van der Waals surface area contributed by atoms with Crippen molar-refractivity contribution in [2.75, 3.05) is 23.8 Å². The molecule has 1 atom stereocenters. The van der Waals surface area contributed by atoms with Crippen LogP contribution >= 0.6 is 0 Å². The number of hydrogen-bond donors (Lipinski definition) is 3. The molecule has 4 amide bonds. The van der Waals surface area contributed by atoms with Crippen LogP contribution in [0.4, 0.5) is 21.0 Å². The van der Waals surface area contributed by atoms with Gasteiger partial charge in [0.05, 0.1) is 23.9 Å². The van der Waals surface area contributed by atoms with Crippen LogP contribution in [0.15, 0.2) is 84.4 Å². The molecule has 8 nitrogen and oxygen atoms in total. The van der Waals surface area contributed by atoms with Gasteiger partial charge in [0.2, 0.25) is 0 Å². The van der Waals surface area contributed by atoms with Crippen molar-refractivity contribution >= 4 is 35.1 Å². The van der Waals surface area contributed by atoms with Crippen LogP contribution in [0.1, 0.15) is 56.3 Å². The van der Waals surface area contributed by atoms with Crippen molar-refractivity contribution in [1.29, 1.82) is 0 Å². The molecule has 1 aliphatic rings. The van der Waals surface area contributed by atoms with E-state index in [0.717, 1.165) is 30.4 Å². The molecule has 0 spiro atoms. The number of nitrogens with zero attached hydrogens (tertiary/aromatic N) is 1. The van der Waals surface area contributed by atoms with Crippen molar-refractivity contribution in [1.82, 2.24) is 10.2 Å². The van der Waals surface area contributed by atoms with Crippen LogP contribution in [0.3, 0.4) is 0 Å². The Balaban J connectivity index is 1.71. The van der Waals surface area contributed by atoms with E-state index in [9.17, 15) is 14.4 Å². The molecule has 40 heavy (non-hydrogen) atoms. The number of urea groups is 2. The molecule has 0 fully saturated rings. The van der Waals surface area contributed by atoms with E-state index >= 15 is 0 Å². The van der Waals surface area contributed by atoms with Crippen LogP contribution in [0.25, 0.3) is 5.70 Å². The fourth-order valence-corrected chi connectivity index (χ4v) is 4.73. The number of carbonyl (C=O) groups excluding carboxylic acids is 3. The third kappa shape index (κ3) is 6.69. The number of rotatable bonds is 10. The number of esters is 1. The number of anilines is 2. The Hall–Kier alpha value is -4.59. The second-order valence-electron chi connectivity index (χ2n) is 9.49. The van der Waals surface area contributed by atoms with E-state index in [1.54, 1.807) is 30.0 Å². The monoisotopic (exact) mass is 540 g/mol. The highest BCUT2D eigenvalue weighted by Crippen LogP contribution is 2.37. The lowest BCUT2D eigenvalue weighted by molar-refractivity contribution is -0.138. The first kappa shape index (κ1) is 28.4. The Morgan fingerprint density at radius 2 is 1.60 bits per heavy atom. The summed E-state index contributed by atoms with van der Waals surface area (Å²) >= 11 is 0. The van der Waals surface area contributed by atoms with Crippen molar-refractivity contribution in [3.63, 3.8) is 0 Å². The van der Waals surface area contributed by atoms with Gasteiger partial charge in [-0.25, -0.2) is 14.4 Å². The van der Waals surface area contributed by atoms with Gasteiger partial charge in [0.1, 0.15) is 0 Å². The smallest absolute Gasteiger partial charge is 0.338 e. The van der Waals surface area contributed by atoms with Crippen LogP contribution in [0.2, 0.25) is 0 Å². The average Bonchev–Trinajstić information content (AvgIpc) is 2.96. The minimum Gasteiger partial charge on any atom is -0.463 e. The van der Waals surface area contributed by atoms with Crippen molar-refractivity contribution < 1.29 is 19.1 Å². The van der Waals surface area contributed by atoms with Crippen LogP contribution in [-0.2, 0) is 16.0 Å². The number of unbranched alkanes of at least 4 members (excludes halogenated alkanes) is 1. The molecule has 4 rings (SSSR count). The van der Waals surface area contributed by atoms with Crippen molar-refractivity contribution in [2.45, 2.75) is 46.1 Å². The topological polar surface area (TPSA) is 99.8 Å². The molecular formula is C32H36N4O4. The number of amides is 4. The Morgan fingerprint density at radius 1 is 0.900 bits per heavy atom. The van der Waals surface area contributed by atoms with E-state index in [-0.39, 0.29) is 12.6 Å². The van der Waals surface area contributed by atoms with E-state index in [4.69, 9.17) is 4.74 Å². The Kier molecular flexibility index (Phi) is 9.57. The fourth-order valence-electron chi connectivity index (χ4n) is 4.73. The third-order valence-corrected chi connectivity index (χ3v) is 6.68. The first-order valence-corrected chi connectivity index (χ1v) is 13.8. The van der Waals surface area contributed by atoms with Crippen LogP contribution in [0, 0.1) is 0 Å². The van der Waals surface area contributed by atoms with Crippen molar-refractivity contribution in [3.8, 4) is 0 Å². The minimum atomic E-state index is -0.773. The highest BCUT2D eigenvalue weighted by Gasteiger charge is 2.38. The molecule has 3 aromatic rings. The van der Waals surface area contributed by atoms with E-state index < -0.39 is 18.0 Å². The zero-order valence-electron chi connectivity index (χ0n) is 23.2. The van der Waals surface area contributed by atoms with Gasteiger partial charge >= 0.3 is 18.0 Å². The van der Waals surface area contributed by atoms with E-state index in [2.05, 4.69) is 29.8 Å². The molecule has 0 radical (unpaired) electrons. The highest BCUT2D eigenvalue weighted by atomic mass is 16.5. The maximum absolute atomic E-state index is 13.5. The first-order valence-electron chi connectivity index (χ1n) is 13.8. The molecule has 8 heteroatoms. The van der Waals surface area contributed by atoms with Gasteiger partial charge < -0.3 is 20.7 Å². The number of benzene rings is 3. The lowest BCUT2D eigenvalue weighted by Gasteiger charge is -2.37. The normalized spacial score (nSPS) is 14.9. The number of aryl methyl sites for hydroxylation is 1. The lowest BCUT2D eigenvalue weighted by atomic mass is 9.91. The molecule has 0 unspecified atom stereocenters. The standard InChI is InChI=1S/C32H36N4O4/c1-4-7-19-36-29(23-14-9-8-10-15-23)27(30(37)40-6-3)28(35-32(36)39)24-16-12-18-26(21-24)34-31(38)33-25-17-11-13-22(5-2)20-25/h8-18,20-21,28H,4-7,19H2,1-3H3,(H,35,39)(H2,33,34,38)/t28-/m1/s1. The second-order valence-corrected chi connectivity index (χ2v) is 9.49. The fraction of sp³-hybridized carbons (Fsp3) is 0.281. The summed E-state index contributed by atoms with van der Waals surface area (Å²) in [6.45, 7) is 6.52. The molecule has 1 heterocycles. The number of hydrogen-bond acceptors (Lipinski definition) is 4. The highest BCUT2D eigenvalue weighted by molar-refractivity contribution is 6.05. The second kappa shape index (κ2) is 13.5. The molecule has 0 aromatic heterocycles.